The van der Waals surface area contributed by atoms with Crippen LogP contribution in [0.2, 0.25) is 5.02 Å². The second kappa shape index (κ2) is 5.48. The molecule has 1 aromatic carbocycles. The van der Waals surface area contributed by atoms with Crippen molar-refractivity contribution in [3.8, 4) is 0 Å². The molecule has 1 rings (SSSR count). The van der Waals surface area contributed by atoms with Crippen molar-refractivity contribution in [3.05, 3.63) is 40.9 Å². The lowest BCUT2D eigenvalue weighted by molar-refractivity contribution is 0.585. The summed E-state index contributed by atoms with van der Waals surface area (Å²) in [6.45, 7) is 4.13. The molecule has 0 atom stereocenters. The SMILES string of the molecule is CC(C)=CCNS(=O)(=O)c1ccc(Cl)cc1. The van der Waals surface area contributed by atoms with Gasteiger partial charge in [-0.1, -0.05) is 23.3 Å². The lowest BCUT2D eigenvalue weighted by Gasteiger charge is -2.04. The predicted octanol–water partition coefficient (Wildman–Crippen LogP) is 2.58. The Balaban J connectivity index is 2.78. The standard InChI is InChI=1S/C11H14ClNO2S/c1-9(2)7-8-13-16(14,15)11-5-3-10(12)4-6-11/h3-7,13H,8H2,1-2H3. The first-order valence-electron chi connectivity index (χ1n) is 4.80. The average Bonchev–Trinajstić information content (AvgIpc) is 2.17. The Morgan fingerprint density at radius 3 is 2.38 bits per heavy atom. The van der Waals surface area contributed by atoms with Crippen LogP contribution in [0.3, 0.4) is 0 Å². The molecule has 0 aliphatic carbocycles. The number of sulfonamides is 1. The molecule has 0 spiro atoms. The number of rotatable bonds is 4. The highest BCUT2D eigenvalue weighted by molar-refractivity contribution is 7.89. The van der Waals surface area contributed by atoms with Gasteiger partial charge < -0.3 is 0 Å². The van der Waals surface area contributed by atoms with Crippen molar-refractivity contribution in [3.63, 3.8) is 0 Å². The predicted molar refractivity (Wildman–Crippen MR) is 66.1 cm³/mol. The summed E-state index contributed by atoms with van der Waals surface area (Å²) in [5, 5.41) is 0.517. The zero-order chi connectivity index (χ0) is 12.2. The van der Waals surface area contributed by atoms with E-state index in [2.05, 4.69) is 4.72 Å². The van der Waals surface area contributed by atoms with E-state index in [1.807, 2.05) is 19.9 Å². The lowest BCUT2D eigenvalue weighted by Crippen LogP contribution is -2.23. The normalized spacial score (nSPS) is 11.2. The highest BCUT2D eigenvalue weighted by Gasteiger charge is 2.11. The Morgan fingerprint density at radius 2 is 1.88 bits per heavy atom. The van der Waals surface area contributed by atoms with Crippen LogP contribution in [-0.2, 0) is 10.0 Å². The van der Waals surface area contributed by atoms with E-state index in [1.165, 1.54) is 12.1 Å². The monoisotopic (exact) mass is 259 g/mol. The zero-order valence-corrected chi connectivity index (χ0v) is 10.8. The molecule has 16 heavy (non-hydrogen) atoms. The third-order valence-corrected chi connectivity index (χ3v) is 3.60. The third-order valence-electron chi connectivity index (χ3n) is 1.91. The molecule has 0 fully saturated rings. The molecule has 3 nitrogen and oxygen atoms in total. The van der Waals surface area contributed by atoms with E-state index in [4.69, 9.17) is 11.6 Å². The second-order valence-electron chi connectivity index (χ2n) is 3.59. The van der Waals surface area contributed by atoms with Crippen LogP contribution < -0.4 is 4.72 Å². The third kappa shape index (κ3) is 3.96. The van der Waals surface area contributed by atoms with Crippen LogP contribution in [0.5, 0.6) is 0 Å². The minimum atomic E-state index is -3.43. The van der Waals surface area contributed by atoms with Crippen LogP contribution in [0.4, 0.5) is 0 Å². The number of hydrogen-bond acceptors (Lipinski definition) is 2. The largest absolute Gasteiger partial charge is 0.240 e. The van der Waals surface area contributed by atoms with Gasteiger partial charge in [0.15, 0.2) is 0 Å². The van der Waals surface area contributed by atoms with Crippen molar-refractivity contribution in [2.75, 3.05) is 6.54 Å². The summed E-state index contributed by atoms with van der Waals surface area (Å²) in [7, 11) is -3.43. The van der Waals surface area contributed by atoms with Gasteiger partial charge in [0.05, 0.1) is 4.90 Å². The molecule has 0 radical (unpaired) electrons. The van der Waals surface area contributed by atoms with E-state index in [0.717, 1.165) is 5.57 Å². The average molecular weight is 260 g/mol. The molecule has 0 aliphatic heterocycles. The summed E-state index contributed by atoms with van der Waals surface area (Å²) in [5.41, 5.74) is 1.07. The Morgan fingerprint density at radius 1 is 1.31 bits per heavy atom. The fraction of sp³-hybridized carbons (Fsp3) is 0.273. The molecule has 0 bridgehead atoms. The van der Waals surface area contributed by atoms with Crippen LogP contribution in [0.15, 0.2) is 40.8 Å². The van der Waals surface area contributed by atoms with Crippen LogP contribution in [0, 0.1) is 0 Å². The van der Waals surface area contributed by atoms with E-state index in [0.29, 0.717) is 11.6 Å². The molecule has 0 aromatic heterocycles. The van der Waals surface area contributed by atoms with Crippen molar-refractivity contribution >= 4 is 21.6 Å². The molecule has 1 N–H and O–H groups in total. The maximum absolute atomic E-state index is 11.7. The quantitative estimate of drug-likeness (QED) is 0.845. The van der Waals surface area contributed by atoms with Gasteiger partial charge in [-0.25, -0.2) is 13.1 Å². The molecule has 0 heterocycles. The first kappa shape index (κ1) is 13.2. The fourth-order valence-electron chi connectivity index (χ4n) is 1.05. The van der Waals surface area contributed by atoms with Gasteiger partial charge in [0.25, 0.3) is 0 Å². The summed E-state index contributed by atoms with van der Waals surface area (Å²) < 4.78 is 26.0. The Labute approximate surface area is 101 Å². The van der Waals surface area contributed by atoms with Crippen molar-refractivity contribution in [1.82, 2.24) is 4.72 Å². The number of hydrogen-bond donors (Lipinski definition) is 1. The first-order chi connectivity index (χ1) is 7.42. The van der Waals surface area contributed by atoms with Gasteiger partial charge in [-0.15, -0.1) is 0 Å². The first-order valence-corrected chi connectivity index (χ1v) is 6.66. The molecule has 0 aliphatic rings. The molecule has 1 aromatic rings. The Kier molecular flexibility index (Phi) is 4.53. The molecular formula is C11H14ClNO2S. The van der Waals surface area contributed by atoms with Gasteiger partial charge in [-0.3, -0.25) is 0 Å². The number of allylic oxidation sites excluding steroid dienone is 1. The van der Waals surface area contributed by atoms with Gasteiger partial charge in [0.1, 0.15) is 0 Å². The lowest BCUT2D eigenvalue weighted by atomic mass is 10.3. The summed E-state index contributed by atoms with van der Waals surface area (Å²) in [4.78, 5) is 0.221. The molecule has 0 saturated carbocycles. The number of nitrogens with one attached hydrogen (secondary N) is 1. The molecule has 88 valence electrons. The van der Waals surface area contributed by atoms with Gasteiger partial charge in [0, 0.05) is 11.6 Å². The highest BCUT2D eigenvalue weighted by Crippen LogP contribution is 2.13. The highest BCUT2D eigenvalue weighted by atomic mass is 35.5. The Hall–Kier alpha value is -0.840. The van der Waals surface area contributed by atoms with E-state index >= 15 is 0 Å². The molecular weight excluding hydrogens is 246 g/mol. The summed E-state index contributed by atoms with van der Waals surface area (Å²) in [6.07, 6.45) is 1.81. The van der Waals surface area contributed by atoms with Gasteiger partial charge in [-0.2, -0.15) is 0 Å². The van der Waals surface area contributed by atoms with E-state index in [-0.39, 0.29) is 4.90 Å². The maximum atomic E-state index is 11.7. The van der Waals surface area contributed by atoms with Crippen molar-refractivity contribution in [2.24, 2.45) is 0 Å². The van der Waals surface area contributed by atoms with Crippen molar-refractivity contribution in [2.45, 2.75) is 18.7 Å². The maximum Gasteiger partial charge on any atom is 0.240 e. The second-order valence-corrected chi connectivity index (χ2v) is 5.79. The van der Waals surface area contributed by atoms with Gasteiger partial charge >= 0.3 is 0 Å². The molecule has 0 saturated heterocycles. The number of halogens is 1. The molecule has 0 amide bonds. The smallest absolute Gasteiger partial charge is 0.207 e. The molecule has 0 unspecified atom stereocenters. The summed E-state index contributed by atoms with van der Waals surface area (Å²) >= 11 is 5.68. The fourth-order valence-corrected chi connectivity index (χ4v) is 2.14. The minimum Gasteiger partial charge on any atom is -0.207 e. The van der Waals surface area contributed by atoms with Crippen molar-refractivity contribution in [1.29, 1.82) is 0 Å². The van der Waals surface area contributed by atoms with Crippen LogP contribution in [0.1, 0.15) is 13.8 Å². The number of benzene rings is 1. The summed E-state index contributed by atoms with van der Waals surface area (Å²) in [5.74, 6) is 0. The van der Waals surface area contributed by atoms with Gasteiger partial charge in [0.2, 0.25) is 10.0 Å². The topological polar surface area (TPSA) is 46.2 Å². The van der Waals surface area contributed by atoms with E-state index in [9.17, 15) is 8.42 Å². The summed E-state index contributed by atoms with van der Waals surface area (Å²) in [6, 6.07) is 6.06. The van der Waals surface area contributed by atoms with E-state index in [1.54, 1.807) is 12.1 Å². The van der Waals surface area contributed by atoms with E-state index < -0.39 is 10.0 Å². The minimum absolute atomic E-state index is 0.221. The van der Waals surface area contributed by atoms with Crippen molar-refractivity contribution < 1.29 is 8.42 Å². The van der Waals surface area contributed by atoms with Crippen LogP contribution in [-0.4, -0.2) is 15.0 Å². The van der Waals surface area contributed by atoms with Crippen LogP contribution >= 0.6 is 11.6 Å². The van der Waals surface area contributed by atoms with Gasteiger partial charge in [-0.05, 0) is 38.1 Å². The Bertz CT molecular complexity index is 473. The zero-order valence-electron chi connectivity index (χ0n) is 9.20. The van der Waals surface area contributed by atoms with Crippen LogP contribution in [0.25, 0.3) is 0 Å². The molecule has 5 heteroatoms.